The fraction of sp³-hybridized carbons (Fsp3) is 0.154. The van der Waals surface area contributed by atoms with Crippen LogP contribution in [0.2, 0.25) is 5.02 Å². The third kappa shape index (κ3) is 5.64. The third-order valence-corrected chi connectivity index (χ3v) is 6.15. The zero-order valence-corrected chi connectivity index (χ0v) is 20.7. The summed E-state index contributed by atoms with van der Waals surface area (Å²) in [6.45, 7) is 4.77. The second kappa shape index (κ2) is 10.2. The van der Waals surface area contributed by atoms with Crippen LogP contribution in [0.5, 0.6) is 5.75 Å². The van der Waals surface area contributed by atoms with Gasteiger partial charge in [-0.3, -0.25) is 9.48 Å². The van der Waals surface area contributed by atoms with Gasteiger partial charge in [-0.25, -0.2) is 0 Å². The summed E-state index contributed by atoms with van der Waals surface area (Å²) in [6.07, 6.45) is 0. The molecular formula is C26H23BrClN3O2. The Balaban J connectivity index is 1.46. The Labute approximate surface area is 206 Å². The number of halogens is 2. The number of hydrogen-bond donors (Lipinski definition) is 1. The van der Waals surface area contributed by atoms with E-state index < -0.39 is 0 Å². The minimum Gasteiger partial charge on any atom is -0.488 e. The van der Waals surface area contributed by atoms with E-state index in [4.69, 9.17) is 16.3 Å². The van der Waals surface area contributed by atoms with Gasteiger partial charge in [0.05, 0.1) is 28.1 Å². The number of amides is 1. The first kappa shape index (κ1) is 23.1. The zero-order valence-electron chi connectivity index (χ0n) is 18.3. The smallest absolute Gasteiger partial charge is 0.255 e. The third-order valence-electron chi connectivity index (χ3n) is 5.26. The van der Waals surface area contributed by atoms with E-state index in [2.05, 4.69) is 26.3 Å². The Kier molecular flexibility index (Phi) is 7.16. The van der Waals surface area contributed by atoms with Crippen LogP contribution in [0.3, 0.4) is 0 Å². The lowest BCUT2D eigenvalue weighted by atomic mass is 10.1. The number of aromatic nitrogens is 2. The summed E-state index contributed by atoms with van der Waals surface area (Å²) >= 11 is 9.58. The molecule has 3 aromatic carbocycles. The van der Waals surface area contributed by atoms with Crippen molar-refractivity contribution < 1.29 is 9.53 Å². The van der Waals surface area contributed by atoms with E-state index in [0.29, 0.717) is 23.7 Å². The average Bonchev–Trinajstić information content (AvgIpc) is 3.06. The van der Waals surface area contributed by atoms with Gasteiger partial charge in [-0.15, -0.1) is 0 Å². The molecule has 33 heavy (non-hydrogen) atoms. The molecule has 0 atom stereocenters. The number of aryl methyl sites for hydroxylation is 1. The Morgan fingerprint density at radius 3 is 2.58 bits per heavy atom. The highest BCUT2D eigenvalue weighted by molar-refractivity contribution is 9.10. The molecule has 0 aliphatic heterocycles. The lowest BCUT2D eigenvalue weighted by Crippen LogP contribution is -2.14. The molecule has 1 aromatic heterocycles. The normalized spacial score (nSPS) is 10.8. The minimum absolute atomic E-state index is 0.189. The molecule has 0 saturated heterocycles. The maximum atomic E-state index is 13.0. The number of hydrogen-bond acceptors (Lipinski definition) is 3. The molecule has 0 saturated carbocycles. The number of benzene rings is 3. The van der Waals surface area contributed by atoms with E-state index in [1.54, 1.807) is 6.07 Å². The Morgan fingerprint density at radius 2 is 1.79 bits per heavy atom. The van der Waals surface area contributed by atoms with Gasteiger partial charge in [0.2, 0.25) is 0 Å². The quantitative estimate of drug-likeness (QED) is 0.289. The number of para-hydroxylation sites is 1. The van der Waals surface area contributed by atoms with E-state index in [9.17, 15) is 4.79 Å². The van der Waals surface area contributed by atoms with E-state index in [1.807, 2.05) is 85.3 Å². The molecule has 0 fully saturated rings. The first-order valence-electron chi connectivity index (χ1n) is 10.5. The molecule has 0 aliphatic rings. The van der Waals surface area contributed by atoms with Crippen LogP contribution in [0.15, 0.2) is 77.3 Å². The summed E-state index contributed by atoms with van der Waals surface area (Å²) in [4.78, 5) is 13.0. The predicted octanol–water partition coefficient (Wildman–Crippen LogP) is 6.80. The van der Waals surface area contributed by atoms with Crippen molar-refractivity contribution in [3.05, 3.63) is 110 Å². The minimum atomic E-state index is -0.189. The van der Waals surface area contributed by atoms with Crippen molar-refractivity contribution in [2.45, 2.75) is 27.0 Å². The number of carbonyl (C=O) groups excluding carboxylic acids is 1. The molecular weight excluding hydrogens is 502 g/mol. The van der Waals surface area contributed by atoms with Crippen LogP contribution in [0.4, 0.5) is 5.69 Å². The van der Waals surface area contributed by atoms with E-state index in [1.165, 1.54) is 0 Å². The summed E-state index contributed by atoms with van der Waals surface area (Å²) < 4.78 is 8.64. The second-order valence-corrected chi connectivity index (χ2v) is 9.00. The monoisotopic (exact) mass is 523 g/mol. The fourth-order valence-corrected chi connectivity index (χ4v) is 4.16. The maximum Gasteiger partial charge on any atom is 0.255 e. The van der Waals surface area contributed by atoms with Crippen molar-refractivity contribution in [2.24, 2.45) is 0 Å². The van der Waals surface area contributed by atoms with E-state index in [-0.39, 0.29) is 5.91 Å². The molecule has 1 N–H and O–H groups in total. The van der Waals surface area contributed by atoms with Gasteiger partial charge in [-0.2, -0.15) is 5.10 Å². The molecule has 0 bridgehead atoms. The highest BCUT2D eigenvalue weighted by Crippen LogP contribution is 2.25. The van der Waals surface area contributed by atoms with Gasteiger partial charge >= 0.3 is 0 Å². The number of anilines is 1. The molecule has 1 heterocycles. The van der Waals surface area contributed by atoms with Crippen LogP contribution in [0, 0.1) is 13.8 Å². The Morgan fingerprint density at radius 1 is 1.03 bits per heavy atom. The first-order chi connectivity index (χ1) is 15.9. The molecule has 0 spiro atoms. The van der Waals surface area contributed by atoms with Crippen molar-refractivity contribution in [1.82, 2.24) is 9.78 Å². The highest BCUT2D eigenvalue weighted by atomic mass is 79.9. The molecule has 7 heteroatoms. The number of ether oxygens (including phenoxy) is 1. The number of nitrogens with zero attached hydrogens (tertiary/aromatic N) is 2. The molecule has 0 radical (unpaired) electrons. The SMILES string of the molecule is Cc1nn(Cc2cccc(Cl)c2)c(C)c1NC(=O)c1cccc(COc2ccccc2Br)c1. The largest absolute Gasteiger partial charge is 0.488 e. The van der Waals surface area contributed by atoms with Gasteiger partial charge in [0, 0.05) is 10.6 Å². The Bertz CT molecular complexity index is 1300. The van der Waals surface area contributed by atoms with Crippen LogP contribution in [-0.4, -0.2) is 15.7 Å². The molecule has 4 rings (SSSR count). The summed E-state index contributed by atoms with van der Waals surface area (Å²) in [5.74, 6) is 0.567. The van der Waals surface area contributed by atoms with Gasteiger partial charge in [-0.05, 0) is 77.3 Å². The molecule has 0 unspecified atom stereocenters. The number of carbonyl (C=O) groups is 1. The fourth-order valence-electron chi connectivity index (χ4n) is 3.55. The lowest BCUT2D eigenvalue weighted by molar-refractivity contribution is 0.102. The van der Waals surface area contributed by atoms with Gasteiger partial charge in [0.1, 0.15) is 12.4 Å². The molecule has 4 aromatic rings. The van der Waals surface area contributed by atoms with Crippen LogP contribution in [-0.2, 0) is 13.2 Å². The first-order valence-corrected chi connectivity index (χ1v) is 11.6. The maximum absolute atomic E-state index is 13.0. The lowest BCUT2D eigenvalue weighted by Gasteiger charge is -2.10. The second-order valence-electron chi connectivity index (χ2n) is 7.71. The zero-order chi connectivity index (χ0) is 23.4. The van der Waals surface area contributed by atoms with Gasteiger partial charge < -0.3 is 10.1 Å². The van der Waals surface area contributed by atoms with Crippen LogP contribution in [0.1, 0.15) is 32.9 Å². The highest BCUT2D eigenvalue weighted by Gasteiger charge is 2.16. The van der Waals surface area contributed by atoms with E-state index in [0.717, 1.165) is 38.4 Å². The number of rotatable bonds is 7. The number of nitrogens with one attached hydrogen (secondary N) is 1. The average molecular weight is 525 g/mol. The molecule has 5 nitrogen and oxygen atoms in total. The van der Waals surface area contributed by atoms with Crippen molar-refractivity contribution >= 4 is 39.1 Å². The molecule has 1 amide bonds. The summed E-state index contributed by atoms with van der Waals surface area (Å²) in [5.41, 5.74) is 4.87. The summed E-state index contributed by atoms with van der Waals surface area (Å²) in [5, 5.41) is 8.32. The topological polar surface area (TPSA) is 56.2 Å². The molecule has 168 valence electrons. The van der Waals surface area contributed by atoms with Gasteiger partial charge in [0.15, 0.2) is 0 Å². The van der Waals surface area contributed by atoms with Crippen molar-refractivity contribution in [2.75, 3.05) is 5.32 Å². The summed E-state index contributed by atoms with van der Waals surface area (Å²) in [7, 11) is 0. The van der Waals surface area contributed by atoms with E-state index >= 15 is 0 Å². The molecule has 0 aliphatic carbocycles. The van der Waals surface area contributed by atoms with Gasteiger partial charge in [-0.1, -0.05) is 48.0 Å². The van der Waals surface area contributed by atoms with Crippen molar-refractivity contribution in [3.63, 3.8) is 0 Å². The summed E-state index contributed by atoms with van der Waals surface area (Å²) in [6, 6.07) is 22.8. The van der Waals surface area contributed by atoms with Crippen molar-refractivity contribution in [3.8, 4) is 5.75 Å². The predicted molar refractivity (Wildman–Crippen MR) is 135 cm³/mol. The van der Waals surface area contributed by atoms with Gasteiger partial charge in [0.25, 0.3) is 5.91 Å². The Hall–Kier alpha value is -3.09. The van der Waals surface area contributed by atoms with Crippen LogP contribution in [0.25, 0.3) is 0 Å². The standard InChI is InChI=1S/C26H23BrClN3O2/c1-17-25(18(2)31(30-17)15-19-7-6-10-22(28)14-19)29-26(32)21-9-5-8-20(13-21)16-33-24-12-4-3-11-23(24)27/h3-14H,15-16H2,1-2H3,(H,29,32). The van der Waals surface area contributed by atoms with Crippen LogP contribution >= 0.6 is 27.5 Å². The van der Waals surface area contributed by atoms with Crippen LogP contribution < -0.4 is 10.1 Å². The van der Waals surface area contributed by atoms with Crippen molar-refractivity contribution in [1.29, 1.82) is 0 Å².